The Balaban J connectivity index is 1.48. The third kappa shape index (κ3) is 8.74. The SMILES string of the molecule is CCC[C@H](NC(=O)C(CS(=O)(=O)Cc1ccccc1)N(Cc1ccccc1)Cc1ccccc1)C(=O)c1nc2ccccc2o1. The zero-order valence-electron chi connectivity index (χ0n) is 25.2. The molecule has 1 aromatic heterocycles. The molecular weight excluding hydrogens is 586 g/mol. The van der Waals surface area contributed by atoms with Crippen LogP contribution in [0.3, 0.4) is 0 Å². The van der Waals surface area contributed by atoms with Crippen LogP contribution in [0.25, 0.3) is 11.1 Å². The third-order valence-corrected chi connectivity index (χ3v) is 9.15. The number of nitrogens with one attached hydrogen (secondary N) is 1. The Morgan fingerprint density at radius 1 is 0.778 bits per heavy atom. The number of sulfone groups is 1. The van der Waals surface area contributed by atoms with Crippen molar-refractivity contribution in [3.05, 3.63) is 138 Å². The van der Waals surface area contributed by atoms with Gasteiger partial charge in [-0.05, 0) is 35.2 Å². The fourth-order valence-electron chi connectivity index (χ4n) is 5.34. The van der Waals surface area contributed by atoms with Gasteiger partial charge >= 0.3 is 0 Å². The number of fused-ring (bicyclic) bond motifs is 1. The summed E-state index contributed by atoms with van der Waals surface area (Å²) >= 11 is 0. The summed E-state index contributed by atoms with van der Waals surface area (Å²) in [5.41, 5.74) is 3.52. The molecule has 0 saturated carbocycles. The van der Waals surface area contributed by atoms with Crippen LogP contribution >= 0.6 is 0 Å². The number of oxazole rings is 1. The van der Waals surface area contributed by atoms with Crippen LogP contribution in [0.5, 0.6) is 0 Å². The lowest BCUT2D eigenvalue weighted by Crippen LogP contribution is -2.54. The van der Waals surface area contributed by atoms with Crippen LogP contribution in [-0.4, -0.2) is 47.8 Å². The molecule has 0 fully saturated rings. The minimum atomic E-state index is -3.76. The Bertz CT molecular complexity index is 1730. The van der Waals surface area contributed by atoms with Crippen LogP contribution in [-0.2, 0) is 33.5 Å². The average molecular weight is 624 g/mol. The molecule has 1 unspecified atom stereocenters. The molecule has 0 spiro atoms. The molecule has 1 amide bonds. The van der Waals surface area contributed by atoms with Gasteiger partial charge in [-0.3, -0.25) is 14.5 Å². The quantitative estimate of drug-likeness (QED) is 0.143. The number of amides is 1. The topological polar surface area (TPSA) is 110 Å². The molecule has 8 nitrogen and oxygen atoms in total. The van der Waals surface area contributed by atoms with Crippen molar-refractivity contribution in [3.63, 3.8) is 0 Å². The predicted molar refractivity (Wildman–Crippen MR) is 175 cm³/mol. The molecule has 5 aromatic rings. The molecule has 1 heterocycles. The summed E-state index contributed by atoms with van der Waals surface area (Å²) in [7, 11) is -3.76. The summed E-state index contributed by atoms with van der Waals surface area (Å²) in [4.78, 5) is 34.1. The second-order valence-electron chi connectivity index (χ2n) is 11.1. The van der Waals surface area contributed by atoms with Crippen LogP contribution in [0.1, 0.15) is 47.1 Å². The van der Waals surface area contributed by atoms with Crippen molar-refractivity contribution in [2.45, 2.75) is 50.7 Å². The molecule has 0 aliphatic carbocycles. The van der Waals surface area contributed by atoms with Crippen molar-refractivity contribution in [3.8, 4) is 0 Å². The highest BCUT2D eigenvalue weighted by molar-refractivity contribution is 7.90. The van der Waals surface area contributed by atoms with Gasteiger partial charge in [0.25, 0.3) is 5.89 Å². The molecule has 0 aliphatic rings. The number of hydrogen-bond acceptors (Lipinski definition) is 7. The number of hydrogen-bond donors (Lipinski definition) is 1. The summed E-state index contributed by atoms with van der Waals surface area (Å²) in [5.74, 6) is -1.72. The summed E-state index contributed by atoms with van der Waals surface area (Å²) < 4.78 is 33.1. The van der Waals surface area contributed by atoms with E-state index in [4.69, 9.17) is 4.42 Å². The van der Waals surface area contributed by atoms with Gasteiger partial charge in [-0.25, -0.2) is 13.4 Å². The highest BCUT2D eigenvalue weighted by atomic mass is 32.2. The van der Waals surface area contributed by atoms with E-state index in [1.54, 1.807) is 48.5 Å². The van der Waals surface area contributed by atoms with Gasteiger partial charge in [0.05, 0.1) is 17.5 Å². The Hall–Kier alpha value is -4.60. The summed E-state index contributed by atoms with van der Waals surface area (Å²) in [6.45, 7) is 2.57. The first-order chi connectivity index (χ1) is 21.8. The summed E-state index contributed by atoms with van der Waals surface area (Å²) in [5, 5.41) is 2.90. The van der Waals surface area contributed by atoms with Crippen LogP contribution in [0.4, 0.5) is 0 Å². The van der Waals surface area contributed by atoms with E-state index in [2.05, 4.69) is 10.3 Å². The zero-order valence-corrected chi connectivity index (χ0v) is 26.0. The van der Waals surface area contributed by atoms with E-state index in [0.717, 1.165) is 11.1 Å². The first-order valence-corrected chi connectivity index (χ1v) is 16.9. The molecule has 9 heteroatoms. The molecule has 0 bridgehead atoms. The van der Waals surface area contributed by atoms with Crippen LogP contribution < -0.4 is 5.32 Å². The van der Waals surface area contributed by atoms with E-state index >= 15 is 0 Å². The van der Waals surface area contributed by atoms with Crippen molar-refractivity contribution in [1.82, 2.24) is 15.2 Å². The normalized spacial score (nSPS) is 13.0. The second kappa shape index (κ2) is 14.9. The van der Waals surface area contributed by atoms with E-state index < -0.39 is 39.4 Å². The summed E-state index contributed by atoms with van der Waals surface area (Å²) in [6, 6.07) is 33.2. The van der Waals surface area contributed by atoms with Gasteiger partial charge in [0.2, 0.25) is 11.7 Å². The maximum Gasteiger partial charge on any atom is 0.266 e. The fourth-order valence-corrected chi connectivity index (χ4v) is 7.00. The lowest BCUT2D eigenvalue weighted by atomic mass is 10.1. The fraction of sp³-hybridized carbons (Fsp3) is 0.250. The van der Waals surface area contributed by atoms with Crippen molar-refractivity contribution in [2.75, 3.05) is 5.75 Å². The van der Waals surface area contributed by atoms with Gasteiger partial charge in [-0.15, -0.1) is 0 Å². The number of aromatic nitrogens is 1. The molecular formula is C36H37N3O5S. The molecule has 232 valence electrons. The van der Waals surface area contributed by atoms with Gasteiger partial charge < -0.3 is 9.73 Å². The van der Waals surface area contributed by atoms with Crippen molar-refractivity contribution >= 4 is 32.6 Å². The molecule has 0 radical (unpaired) electrons. The monoisotopic (exact) mass is 623 g/mol. The smallest absolute Gasteiger partial charge is 0.266 e. The van der Waals surface area contributed by atoms with E-state index in [0.29, 0.717) is 42.6 Å². The highest BCUT2D eigenvalue weighted by Crippen LogP contribution is 2.20. The Morgan fingerprint density at radius 2 is 1.31 bits per heavy atom. The van der Waals surface area contributed by atoms with Gasteiger partial charge in [-0.2, -0.15) is 0 Å². The highest BCUT2D eigenvalue weighted by Gasteiger charge is 2.35. The summed E-state index contributed by atoms with van der Waals surface area (Å²) in [6.07, 6.45) is 0.940. The van der Waals surface area contributed by atoms with Gasteiger partial charge in [0, 0.05) is 13.1 Å². The van der Waals surface area contributed by atoms with Gasteiger partial charge in [0.15, 0.2) is 15.4 Å². The van der Waals surface area contributed by atoms with Gasteiger partial charge in [0.1, 0.15) is 11.6 Å². The maximum absolute atomic E-state index is 14.3. The number of ketones is 1. The zero-order chi connectivity index (χ0) is 31.6. The van der Waals surface area contributed by atoms with Crippen molar-refractivity contribution in [1.29, 1.82) is 0 Å². The van der Waals surface area contributed by atoms with Crippen LogP contribution in [0.15, 0.2) is 120 Å². The third-order valence-electron chi connectivity index (χ3n) is 7.56. The first kappa shape index (κ1) is 31.8. The van der Waals surface area contributed by atoms with E-state index in [9.17, 15) is 18.0 Å². The van der Waals surface area contributed by atoms with Gasteiger partial charge in [-0.1, -0.05) is 116 Å². The first-order valence-electron chi connectivity index (χ1n) is 15.1. The number of para-hydroxylation sites is 2. The largest absolute Gasteiger partial charge is 0.434 e. The number of rotatable bonds is 15. The Morgan fingerprint density at radius 3 is 1.87 bits per heavy atom. The Labute approximate surface area is 264 Å². The number of carbonyl (C=O) groups is 2. The maximum atomic E-state index is 14.3. The number of carbonyl (C=O) groups excluding carboxylic acids is 2. The lowest BCUT2D eigenvalue weighted by molar-refractivity contribution is -0.126. The van der Waals surface area contributed by atoms with E-state index in [1.807, 2.05) is 78.6 Å². The molecule has 0 aliphatic heterocycles. The molecule has 2 atom stereocenters. The van der Waals surface area contributed by atoms with E-state index in [-0.39, 0.29) is 11.6 Å². The number of benzene rings is 4. The van der Waals surface area contributed by atoms with Crippen molar-refractivity contribution < 1.29 is 22.4 Å². The standard InChI is InChI=1S/C36H37N3O5S/c1-2-14-31(34(40)36-38-30-21-12-13-22-33(30)44-36)37-35(41)32(26-45(42,43)25-29-19-10-5-11-20-29)39(23-27-15-6-3-7-16-27)24-28-17-8-4-9-18-28/h3-13,15-22,31-32H,2,14,23-26H2,1H3,(H,37,41)/t31-,32?/m0/s1. The average Bonchev–Trinajstić information content (AvgIpc) is 3.49. The minimum absolute atomic E-state index is 0.0892. The van der Waals surface area contributed by atoms with E-state index in [1.165, 1.54) is 0 Å². The van der Waals surface area contributed by atoms with Crippen molar-refractivity contribution in [2.24, 2.45) is 0 Å². The lowest BCUT2D eigenvalue weighted by Gasteiger charge is -2.32. The Kier molecular flexibility index (Phi) is 10.5. The molecule has 1 N–H and O–H groups in total. The van der Waals surface area contributed by atoms with Crippen LogP contribution in [0, 0.1) is 0 Å². The number of nitrogens with zero attached hydrogens (tertiary/aromatic N) is 2. The number of Topliss-reactive ketones (excluding diaryl/α,β-unsaturated/α-hetero) is 1. The molecule has 4 aromatic carbocycles. The molecule has 45 heavy (non-hydrogen) atoms. The minimum Gasteiger partial charge on any atom is -0.434 e. The second-order valence-corrected chi connectivity index (χ2v) is 13.2. The predicted octanol–water partition coefficient (Wildman–Crippen LogP) is 5.98. The van der Waals surface area contributed by atoms with Crippen LogP contribution in [0.2, 0.25) is 0 Å². The molecule has 5 rings (SSSR count). The molecule has 0 saturated heterocycles.